The minimum atomic E-state index is -0.848. The number of carbonyl (C=O) groups is 2. The second-order valence-corrected chi connectivity index (χ2v) is 4.72. The number of Topliss-reactive ketones (excluding diaryl/α,β-unsaturated/α-hetero) is 1. The van der Waals surface area contributed by atoms with Crippen LogP contribution >= 0.6 is 0 Å². The van der Waals surface area contributed by atoms with Crippen molar-refractivity contribution in [2.45, 2.75) is 20.3 Å². The molecule has 0 N–H and O–H groups in total. The van der Waals surface area contributed by atoms with E-state index in [0.29, 0.717) is 22.8 Å². The molecule has 0 aliphatic heterocycles. The lowest BCUT2D eigenvalue weighted by atomic mass is 9.91. The van der Waals surface area contributed by atoms with Crippen LogP contribution in [0.25, 0.3) is 10.8 Å². The highest BCUT2D eigenvalue weighted by molar-refractivity contribution is 6.15. The summed E-state index contributed by atoms with van der Waals surface area (Å²) in [5, 5.41) is 0.896. The fourth-order valence-electron chi connectivity index (χ4n) is 2.37. The Bertz CT molecular complexity index is 679. The number of ketones is 1. The van der Waals surface area contributed by atoms with E-state index in [0.717, 1.165) is 0 Å². The summed E-state index contributed by atoms with van der Waals surface area (Å²) in [7, 11) is 0. The summed E-state index contributed by atoms with van der Waals surface area (Å²) in [6.45, 7) is 3.68. The highest BCUT2D eigenvalue weighted by Gasteiger charge is 2.28. The molecule has 0 aliphatic carbocycles. The van der Waals surface area contributed by atoms with Gasteiger partial charge in [0, 0.05) is 10.9 Å². The quantitative estimate of drug-likeness (QED) is 0.478. The number of fused-ring (bicyclic) bond motifs is 1. The van der Waals surface area contributed by atoms with Gasteiger partial charge < -0.3 is 4.74 Å². The SMILES string of the molecule is CCOC(=O)C(CC)C(=O)c1ccc(F)c2ccccc12. The third kappa shape index (κ3) is 2.94. The number of ether oxygens (including phenoxy) is 1. The number of esters is 1. The van der Waals surface area contributed by atoms with E-state index >= 15 is 0 Å². The van der Waals surface area contributed by atoms with E-state index in [2.05, 4.69) is 0 Å². The van der Waals surface area contributed by atoms with Gasteiger partial charge in [0.2, 0.25) is 0 Å². The Balaban J connectivity index is 2.48. The van der Waals surface area contributed by atoms with Crippen LogP contribution in [0.15, 0.2) is 36.4 Å². The summed E-state index contributed by atoms with van der Waals surface area (Å²) < 4.78 is 18.7. The molecule has 0 amide bonds. The molecule has 2 aromatic carbocycles. The number of rotatable bonds is 5. The topological polar surface area (TPSA) is 43.4 Å². The molecule has 0 saturated heterocycles. The van der Waals surface area contributed by atoms with Crippen LogP contribution in [0.5, 0.6) is 0 Å². The first-order chi connectivity index (χ1) is 10.1. The minimum absolute atomic E-state index is 0.229. The Morgan fingerprint density at radius 3 is 2.38 bits per heavy atom. The van der Waals surface area contributed by atoms with E-state index in [4.69, 9.17) is 4.74 Å². The Morgan fingerprint density at radius 1 is 1.10 bits per heavy atom. The smallest absolute Gasteiger partial charge is 0.316 e. The predicted molar refractivity (Wildman–Crippen MR) is 78.7 cm³/mol. The molecule has 0 heterocycles. The van der Waals surface area contributed by atoms with Gasteiger partial charge in [-0.1, -0.05) is 31.2 Å². The van der Waals surface area contributed by atoms with Crippen molar-refractivity contribution < 1.29 is 18.7 Å². The summed E-state index contributed by atoms with van der Waals surface area (Å²) >= 11 is 0. The van der Waals surface area contributed by atoms with E-state index in [-0.39, 0.29) is 18.2 Å². The lowest BCUT2D eigenvalue weighted by molar-refractivity contribution is -0.146. The van der Waals surface area contributed by atoms with E-state index in [1.807, 2.05) is 0 Å². The third-order valence-corrected chi connectivity index (χ3v) is 3.43. The molecule has 3 nitrogen and oxygen atoms in total. The zero-order valence-corrected chi connectivity index (χ0v) is 12.1. The molecule has 0 spiro atoms. The number of hydrogen-bond donors (Lipinski definition) is 0. The van der Waals surface area contributed by atoms with Gasteiger partial charge in [0.25, 0.3) is 0 Å². The molecule has 0 aliphatic rings. The minimum Gasteiger partial charge on any atom is -0.465 e. The van der Waals surface area contributed by atoms with Crippen LogP contribution < -0.4 is 0 Å². The van der Waals surface area contributed by atoms with Gasteiger partial charge in [0.15, 0.2) is 5.78 Å². The number of benzene rings is 2. The zero-order valence-electron chi connectivity index (χ0n) is 12.1. The number of hydrogen-bond acceptors (Lipinski definition) is 3. The molecule has 2 rings (SSSR count). The van der Waals surface area contributed by atoms with Gasteiger partial charge in [-0.25, -0.2) is 4.39 Å². The monoisotopic (exact) mass is 288 g/mol. The Kier molecular flexibility index (Phi) is 4.68. The average molecular weight is 288 g/mol. The van der Waals surface area contributed by atoms with Crippen LogP contribution in [0.3, 0.4) is 0 Å². The Hall–Kier alpha value is -2.23. The van der Waals surface area contributed by atoms with Crippen molar-refractivity contribution in [3.05, 3.63) is 47.8 Å². The molecule has 0 fully saturated rings. The van der Waals surface area contributed by atoms with Gasteiger partial charge >= 0.3 is 5.97 Å². The molecule has 0 bridgehead atoms. The second kappa shape index (κ2) is 6.48. The van der Waals surface area contributed by atoms with E-state index in [9.17, 15) is 14.0 Å². The Labute approximate surface area is 122 Å². The first-order valence-electron chi connectivity index (χ1n) is 6.98. The van der Waals surface area contributed by atoms with Crippen molar-refractivity contribution in [1.82, 2.24) is 0 Å². The van der Waals surface area contributed by atoms with Gasteiger partial charge in [-0.05, 0) is 30.9 Å². The lowest BCUT2D eigenvalue weighted by Gasteiger charge is -2.14. The van der Waals surface area contributed by atoms with Crippen molar-refractivity contribution in [1.29, 1.82) is 0 Å². The van der Waals surface area contributed by atoms with Crippen molar-refractivity contribution in [3.8, 4) is 0 Å². The summed E-state index contributed by atoms with van der Waals surface area (Å²) in [4.78, 5) is 24.5. The maximum absolute atomic E-state index is 13.8. The lowest BCUT2D eigenvalue weighted by Crippen LogP contribution is -2.26. The molecule has 2 aromatic rings. The fourth-order valence-corrected chi connectivity index (χ4v) is 2.37. The maximum atomic E-state index is 13.8. The molecule has 0 aromatic heterocycles. The van der Waals surface area contributed by atoms with Crippen molar-refractivity contribution in [3.63, 3.8) is 0 Å². The van der Waals surface area contributed by atoms with Crippen LogP contribution in [-0.4, -0.2) is 18.4 Å². The second-order valence-electron chi connectivity index (χ2n) is 4.72. The van der Waals surface area contributed by atoms with Gasteiger partial charge in [0.05, 0.1) is 6.61 Å². The van der Waals surface area contributed by atoms with Gasteiger partial charge in [-0.2, -0.15) is 0 Å². The van der Waals surface area contributed by atoms with Crippen LogP contribution in [0.1, 0.15) is 30.6 Å². The highest BCUT2D eigenvalue weighted by Crippen LogP contribution is 2.25. The standard InChI is InChI=1S/C17H17FO3/c1-3-11(17(20)21-4-2)16(19)14-9-10-15(18)13-8-6-5-7-12(13)14/h5-11H,3-4H2,1-2H3. The molecule has 1 unspecified atom stereocenters. The number of halogens is 1. The summed E-state index contributed by atoms with van der Waals surface area (Å²) in [5.41, 5.74) is 0.354. The molecule has 0 saturated carbocycles. The third-order valence-electron chi connectivity index (χ3n) is 3.43. The predicted octanol–water partition coefficient (Wildman–Crippen LogP) is 3.75. The summed E-state index contributed by atoms with van der Waals surface area (Å²) in [6.07, 6.45) is 0.351. The van der Waals surface area contributed by atoms with E-state index in [1.54, 1.807) is 38.1 Å². The molecular formula is C17H17FO3. The van der Waals surface area contributed by atoms with Gasteiger partial charge in [-0.15, -0.1) is 0 Å². The van der Waals surface area contributed by atoms with Crippen LogP contribution in [0, 0.1) is 11.7 Å². The van der Waals surface area contributed by atoms with E-state index in [1.165, 1.54) is 12.1 Å². The largest absolute Gasteiger partial charge is 0.465 e. The van der Waals surface area contributed by atoms with Gasteiger partial charge in [0.1, 0.15) is 11.7 Å². The van der Waals surface area contributed by atoms with Crippen molar-refractivity contribution in [2.24, 2.45) is 5.92 Å². The van der Waals surface area contributed by atoms with Crippen LogP contribution in [0.4, 0.5) is 4.39 Å². The van der Waals surface area contributed by atoms with Crippen molar-refractivity contribution in [2.75, 3.05) is 6.61 Å². The normalized spacial score (nSPS) is 12.1. The molecule has 1 atom stereocenters. The molecule has 110 valence electrons. The summed E-state index contributed by atoms with van der Waals surface area (Å²) in [6, 6.07) is 9.44. The van der Waals surface area contributed by atoms with Crippen molar-refractivity contribution >= 4 is 22.5 Å². The van der Waals surface area contributed by atoms with E-state index < -0.39 is 11.9 Å². The first-order valence-corrected chi connectivity index (χ1v) is 6.98. The maximum Gasteiger partial charge on any atom is 0.316 e. The number of carbonyl (C=O) groups excluding carboxylic acids is 2. The molecule has 4 heteroatoms. The average Bonchev–Trinajstić information content (AvgIpc) is 2.49. The molecular weight excluding hydrogens is 271 g/mol. The Morgan fingerprint density at radius 2 is 1.76 bits per heavy atom. The first kappa shape index (κ1) is 15.2. The van der Waals surface area contributed by atoms with Gasteiger partial charge in [-0.3, -0.25) is 9.59 Å². The molecule has 0 radical (unpaired) electrons. The van der Waals surface area contributed by atoms with Crippen LogP contribution in [-0.2, 0) is 9.53 Å². The summed E-state index contributed by atoms with van der Waals surface area (Å²) in [5.74, 6) is -2.09. The highest BCUT2D eigenvalue weighted by atomic mass is 19.1. The zero-order chi connectivity index (χ0) is 15.4. The molecule has 21 heavy (non-hydrogen) atoms. The fraction of sp³-hybridized carbons (Fsp3) is 0.294. The van der Waals surface area contributed by atoms with Crippen LogP contribution in [0.2, 0.25) is 0 Å².